The average Bonchev–Trinajstić information content (AvgIpc) is 3.22. The Labute approximate surface area is 531 Å². The van der Waals surface area contributed by atoms with E-state index in [4.69, 9.17) is 34.4 Å². The molecule has 0 aliphatic rings. The Morgan fingerprint density at radius 1 is 0.516 bits per heavy atom. The van der Waals surface area contributed by atoms with Gasteiger partial charge < -0.3 is 113 Å². The molecule has 0 fully saturated rings. The first-order chi connectivity index (χ1) is 43.0. The highest BCUT2D eigenvalue weighted by molar-refractivity contribution is 7.99. The number of guanidine groups is 1. The third kappa shape index (κ3) is 34.5. The number of amides is 12. The number of unbranched alkanes of at least 4 members (excludes halogenated alkanes) is 2. The minimum atomic E-state index is -1.88. The lowest BCUT2D eigenvalue weighted by atomic mass is 10.1. The fraction of sp³-hybridized carbons (Fsp3) is 0.636. The van der Waals surface area contributed by atoms with E-state index >= 15 is 0 Å². The van der Waals surface area contributed by atoms with Gasteiger partial charge in [-0.05, 0) is 103 Å². The molecule has 12 amide bonds. The number of carbonyl (C=O) groups excluding carboxylic acids is 12. The molecule has 0 aromatic heterocycles. The van der Waals surface area contributed by atoms with E-state index < -0.39 is 157 Å². The van der Waals surface area contributed by atoms with Gasteiger partial charge in [0.1, 0.15) is 48.3 Å². The lowest BCUT2D eigenvalue weighted by molar-refractivity contribution is -0.142. The van der Waals surface area contributed by atoms with Crippen molar-refractivity contribution in [2.24, 2.45) is 39.4 Å². The van der Waals surface area contributed by atoms with E-state index in [0.717, 1.165) is 31.2 Å². The number of benzene rings is 1. The Morgan fingerprint density at radius 3 is 1.63 bits per heavy atom. The van der Waals surface area contributed by atoms with Crippen LogP contribution in [0, 0.1) is 0 Å². The van der Waals surface area contributed by atoms with E-state index in [9.17, 15) is 82.8 Å². The molecule has 1 aromatic carbocycles. The maximum absolute atomic E-state index is 14.3. The van der Waals surface area contributed by atoms with Crippen LogP contribution in [0.25, 0.3) is 0 Å². The van der Waals surface area contributed by atoms with Crippen molar-refractivity contribution >= 4 is 94.6 Å². The smallest absolute Gasteiger partial charge is 0.326 e. The van der Waals surface area contributed by atoms with Crippen molar-refractivity contribution < 1.29 is 82.8 Å². The van der Waals surface area contributed by atoms with Crippen LogP contribution >= 0.6 is 11.8 Å². The molecule has 512 valence electrons. The molecule has 0 aliphatic heterocycles. The predicted octanol–water partition coefficient (Wildman–Crippen LogP) is -8.31. The summed E-state index contributed by atoms with van der Waals surface area (Å²) in [7, 11) is 0. The summed E-state index contributed by atoms with van der Waals surface area (Å²) in [6.07, 6.45) is -1.59. The van der Waals surface area contributed by atoms with E-state index in [-0.39, 0.29) is 87.8 Å². The van der Waals surface area contributed by atoms with Crippen molar-refractivity contribution in [1.82, 2.24) is 58.5 Å². The molecule has 1 rings (SSSR count). The third-order valence-electron chi connectivity index (χ3n) is 13.3. The normalized spacial score (nSPS) is 14.6. The summed E-state index contributed by atoms with van der Waals surface area (Å²) in [5, 5.41) is 66.9. The molecule has 27 N–H and O–H groups in total. The predicted molar refractivity (Wildman–Crippen MR) is 332 cm³/mol. The second-order valence-electron chi connectivity index (χ2n) is 21.1. The number of nitrogens with two attached hydrogens (primary N) is 6. The molecule has 0 bridgehead atoms. The van der Waals surface area contributed by atoms with Crippen LogP contribution in [-0.4, -0.2) is 221 Å². The first-order valence-corrected chi connectivity index (χ1v) is 30.7. The summed E-state index contributed by atoms with van der Waals surface area (Å²) in [6.45, 7) is 1.69. The molecule has 0 spiro atoms. The van der Waals surface area contributed by atoms with Crippen molar-refractivity contribution in [3.05, 3.63) is 35.9 Å². The number of thioether (sulfide) groups is 1. The van der Waals surface area contributed by atoms with Crippen LogP contribution in [0.2, 0.25) is 0 Å². The van der Waals surface area contributed by atoms with Crippen LogP contribution < -0.4 is 92.9 Å². The van der Waals surface area contributed by atoms with Crippen LogP contribution in [0.1, 0.15) is 103 Å². The Hall–Kier alpha value is -8.29. The quantitative estimate of drug-likeness (QED) is 0.0164. The first kappa shape index (κ1) is 80.7. The molecule has 91 heavy (non-hydrogen) atoms. The molecular formula is C55H94N18O17S. The number of hydrogen-bond acceptors (Lipinski definition) is 21. The van der Waals surface area contributed by atoms with Gasteiger partial charge in [-0.1, -0.05) is 36.8 Å². The summed E-state index contributed by atoms with van der Waals surface area (Å²) >= 11 is 1.09. The van der Waals surface area contributed by atoms with Gasteiger partial charge in [0.15, 0.2) is 5.96 Å². The van der Waals surface area contributed by atoms with Gasteiger partial charge in [-0.25, -0.2) is 4.79 Å². The summed E-state index contributed by atoms with van der Waals surface area (Å²) in [5.74, 6) is -12.9. The molecule has 36 heteroatoms. The van der Waals surface area contributed by atoms with Gasteiger partial charge in [0.05, 0.1) is 37.9 Å². The number of carboxylic acid groups (broad SMARTS) is 1. The minimum absolute atomic E-state index is 0.0228. The zero-order valence-electron chi connectivity index (χ0n) is 51.5. The lowest BCUT2D eigenvalue weighted by Gasteiger charge is -2.28. The molecule has 0 heterocycles. The zero-order chi connectivity index (χ0) is 68.6. The summed E-state index contributed by atoms with van der Waals surface area (Å²) in [4.78, 5) is 174. The number of aliphatic hydroxyl groups excluding tert-OH is 3. The highest BCUT2D eigenvalue weighted by Gasteiger charge is 2.36. The van der Waals surface area contributed by atoms with Crippen molar-refractivity contribution in [2.75, 3.05) is 50.8 Å². The molecule has 0 saturated carbocycles. The largest absolute Gasteiger partial charge is 0.480 e. The maximum Gasteiger partial charge on any atom is 0.326 e. The fourth-order valence-corrected chi connectivity index (χ4v) is 9.07. The Bertz CT molecular complexity index is 2570. The van der Waals surface area contributed by atoms with Gasteiger partial charge >= 0.3 is 5.97 Å². The van der Waals surface area contributed by atoms with Crippen molar-refractivity contribution in [3.8, 4) is 0 Å². The van der Waals surface area contributed by atoms with Gasteiger partial charge in [0.2, 0.25) is 70.9 Å². The number of primary amides is 1. The summed E-state index contributed by atoms with van der Waals surface area (Å²) in [5.41, 5.74) is 34.1. The van der Waals surface area contributed by atoms with Crippen molar-refractivity contribution in [2.45, 2.75) is 171 Å². The first-order valence-electron chi connectivity index (χ1n) is 29.6. The minimum Gasteiger partial charge on any atom is -0.480 e. The van der Waals surface area contributed by atoms with Crippen LogP contribution in [0.15, 0.2) is 35.3 Å². The van der Waals surface area contributed by atoms with Gasteiger partial charge in [0, 0.05) is 31.7 Å². The highest BCUT2D eigenvalue weighted by Crippen LogP contribution is 2.11. The highest BCUT2D eigenvalue weighted by atomic mass is 32.2. The zero-order valence-corrected chi connectivity index (χ0v) is 52.3. The number of nitrogens with one attached hydrogen (secondary N) is 11. The number of hydrogen-bond donors (Lipinski definition) is 21. The standard InChI is InChI=1S/C55H94N18O17S/c1-30(66-53(88)45(32(3)76)73-49(84)36(19-20-40(59)77)69-47(82)34(58)15-7-9-21-56)46(81)68-35(17-11-23-62-55(60)61)48(83)71-39(29-91-24-12-18-41(78)63-25-33-13-5-4-6-14-33)51(86)70-38(28-74)50(85)72-44(31(2)75)52(87)65-26-42(79)64-27-43(80)67-37(54(89)90)16-8-10-22-57/h4-6,13-14,30-32,34-39,44-45,74-76H,7-12,15-29,56-58H2,1-3H3,(H2,59,77)(H,63,78)(H,64,79)(H,65,87)(H,66,88)(H,67,80)(H,68,81)(H,69,82)(H,70,86)(H,71,83)(H,72,85)(H,73,84)(H,89,90)(H4,60,61,62)/t30-,31+,32+,34-,35-,36-,37-,38-,39-,44-,45-/m0/s1. The molecule has 35 nitrogen and oxygen atoms in total. The number of nitrogens with zero attached hydrogens (tertiary/aromatic N) is 1. The molecule has 0 unspecified atom stereocenters. The number of aliphatic carboxylic acids is 1. The van der Waals surface area contributed by atoms with Crippen LogP contribution in [0.5, 0.6) is 0 Å². The fourth-order valence-electron chi connectivity index (χ4n) is 8.09. The number of rotatable bonds is 47. The van der Waals surface area contributed by atoms with E-state index in [0.29, 0.717) is 38.8 Å². The molecule has 0 aliphatic carbocycles. The number of aliphatic imine (C=N–C) groups is 1. The average molecular weight is 1310 g/mol. The van der Waals surface area contributed by atoms with Gasteiger partial charge in [0.25, 0.3) is 0 Å². The Balaban J connectivity index is 3.40. The second-order valence-corrected chi connectivity index (χ2v) is 22.3. The monoisotopic (exact) mass is 1310 g/mol. The van der Waals surface area contributed by atoms with E-state index in [1.165, 1.54) is 6.92 Å². The van der Waals surface area contributed by atoms with E-state index in [1.807, 2.05) is 30.3 Å². The molecular weight excluding hydrogens is 1220 g/mol. The second kappa shape index (κ2) is 45.0. The number of carbonyl (C=O) groups is 13. The van der Waals surface area contributed by atoms with Gasteiger partial charge in [-0.3, -0.25) is 62.5 Å². The van der Waals surface area contributed by atoms with Crippen molar-refractivity contribution in [3.63, 3.8) is 0 Å². The number of carboxylic acids is 1. The van der Waals surface area contributed by atoms with Crippen LogP contribution in [0.3, 0.4) is 0 Å². The topological polar surface area (TPSA) is 604 Å². The third-order valence-corrected chi connectivity index (χ3v) is 14.4. The SMILES string of the molecule is C[C@H](NC(=O)[C@@H](NC(=O)[C@H](CCC(N)=O)NC(=O)[C@@H](N)CCCCN)[C@@H](C)O)C(=O)N[C@@H](CCCN=C(N)N)C(=O)N[C@@H](CSCCCC(=O)NCc1ccccc1)C(=O)N[C@@H](CO)C(=O)N[C@H](C(=O)NCC(=O)NCC(=O)N[C@@H](CCCCN)C(=O)O)[C@@H](C)O. The Kier molecular flexibility index (Phi) is 40.0. The summed E-state index contributed by atoms with van der Waals surface area (Å²) in [6, 6.07) is -4.82. The summed E-state index contributed by atoms with van der Waals surface area (Å²) < 4.78 is 0. The number of aliphatic hydroxyl groups is 3. The van der Waals surface area contributed by atoms with E-state index in [2.05, 4.69) is 63.5 Å². The van der Waals surface area contributed by atoms with Crippen LogP contribution in [-0.2, 0) is 68.9 Å². The Morgan fingerprint density at radius 2 is 1.04 bits per heavy atom. The molecule has 11 atom stereocenters. The van der Waals surface area contributed by atoms with Gasteiger partial charge in [-0.2, -0.15) is 11.8 Å². The van der Waals surface area contributed by atoms with Crippen LogP contribution in [0.4, 0.5) is 0 Å². The molecule has 0 saturated heterocycles. The van der Waals surface area contributed by atoms with Crippen molar-refractivity contribution in [1.29, 1.82) is 0 Å². The van der Waals surface area contributed by atoms with Gasteiger partial charge in [-0.15, -0.1) is 0 Å². The maximum atomic E-state index is 14.3. The molecule has 1 aromatic rings. The van der Waals surface area contributed by atoms with E-state index in [1.54, 1.807) is 0 Å². The molecule has 0 radical (unpaired) electrons. The lowest BCUT2D eigenvalue weighted by Crippen LogP contribution is -2.62.